The molecule has 1 aromatic heterocycles. The van der Waals surface area contributed by atoms with Crippen molar-refractivity contribution in [1.82, 2.24) is 15.6 Å². The lowest BCUT2D eigenvalue weighted by Crippen LogP contribution is -2.38. The lowest BCUT2D eigenvalue weighted by molar-refractivity contribution is -0.126. The Morgan fingerprint density at radius 1 is 1.10 bits per heavy atom. The predicted octanol–water partition coefficient (Wildman–Crippen LogP) is 2.08. The number of nitrogens with zero attached hydrogens (tertiary/aromatic N) is 1. The highest BCUT2D eigenvalue weighted by Gasteiger charge is 2.34. The number of amides is 3. The van der Waals surface area contributed by atoms with E-state index in [1.54, 1.807) is 42.3 Å². The van der Waals surface area contributed by atoms with Crippen molar-refractivity contribution >= 4 is 34.3 Å². The van der Waals surface area contributed by atoms with Crippen LogP contribution in [0.15, 0.2) is 54.7 Å². The molecule has 1 fully saturated rings. The molecule has 0 saturated carbocycles. The SMILES string of the molecule is COc1ccc(N2CC(C(=O)NCCNC(=O)c3ccc4[nH]ccc4c3)CC2=O)cc1. The summed E-state index contributed by atoms with van der Waals surface area (Å²) in [7, 11) is 1.58. The first kappa shape index (κ1) is 20.5. The van der Waals surface area contributed by atoms with Crippen LogP contribution in [-0.2, 0) is 9.59 Å². The molecule has 0 aliphatic carbocycles. The van der Waals surface area contributed by atoms with E-state index >= 15 is 0 Å². The molecular formula is C23H24N4O4. The zero-order valence-corrected chi connectivity index (χ0v) is 17.2. The van der Waals surface area contributed by atoms with Crippen LogP contribution in [0.25, 0.3) is 10.9 Å². The maximum absolute atomic E-state index is 12.5. The third-order valence-corrected chi connectivity index (χ3v) is 5.41. The number of ether oxygens (including phenoxy) is 1. The molecule has 1 aliphatic heterocycles. The minimum atomic E-state index is -0.415. The number of aromatic nitrogens is 1. The number of benzene rings is 2. The Labute approximate surface area is 179 Å². The summed E-state index contributed by atoms with van der Waals surface area (Å²) < 4.78 is 5.13. The van der Waals surface area contributed by atoms with Crippen molar-refractivity contribution in [2.75, 3.05) is 31.6 Å². The highest BCUT2D eigenvalue weighted by atomic mass is 16.5. The average molecular weight is 420 g/mol. The van der Waals surface area contributed by atoms with Gasteiger partial charge in [-0.2, -0.15) is 0 Å². The number of rotatable bonds is 7. The van der Waals surface area contributed by atoms with Crippen LogP contribution in [0.1, 0.15) is 16.8 Å². The van der Waals surface area contributed by atoms with Gasteiger partial charge in [0.15, 0.2) is 0 Å². The Morgan fingerprint density at radius 3 is 2.65 bits per heavy atom. The number of carbonyl (C=O) groups excluding carboxylic acids is 3. The summed E-state index contributed by atoms with van der Waals surface area (Å²) in [5, 5.41) is 6.58. The molecule has 3 N–H and O–H groups in total. The Hall–Kier alpha value is -3.81. The summed E-state index contributed by atoms with van der Waals surface area (Å²) in [5.74, 6) is -0.175. The standard InChI is InChI=1S/C23H24N4O4/c1-31-19-5-3-18(4-6-19)27-14-17(13-21(27)28)23(30)26-11-10-25-22(29)16-2-7-20-15(12-16)8-9-24-20/h2-9,12,17,24H,10-11,13-14H2,1H3,(H,25,29)(H,26,30). The van der Waals surface area contributed by atoms with Crippen molar-refractivity contribution < 1.29 is 19.1 Å². The van der Waals surface area contributed by atoms with Crippen molar-refractivity contribution in [3.8, 4) is 5.75 Å². The molecule has 0 radical (unpaired) electrons. The van der Waals surface area contributed by atoms with E-state index in [1.807, 2.05) is 24.4 Å². The second-order valence-electron chi connectivity index (χ2n) is 7.43. The Bertz CT molecular complexity index is 1110. The maximum Gasteiger partial charge on any atom is 0.251 e. The normalized spacial score (nSPS) is 15.8. The minimum Gasteiger partial charge on any atom is -0.497 e. The summed E-state index contributed by atoms with van der Waals surface area (Å²) in [4.78, 5) is 41.8. The van der Waals surface area contributed by atoms with Gasteiger partial charge in [-0.3, -0.25) is 14.4 Å². The summed E-state index contributed by atoms with van der Waals surface area (Å²) in [5.41, 5.74) is 2.28. The van der Waals surface area contributed by atoms with Gasteiger partial charge in [-0.15, -0.1) is 0 Å². The van der Waals surface area contributed by atoms with Gasteiger partial charge in [-0.05, 0) is 48.5 Å². The molecule has 1 atom stereocenters. The topological polar surface area (TPSA) is 104 Å². The van der Waals surface area contributed by atoms with Crippen molar-refractivity contribution in [2.45, 2.75) is 6.42 Å². The van der Waals surface area contributed by atoms with Crippen LogP contribution in [0.5, 0.6) is 5.75 Å². The third-order valence-electron chi connectivity index (χ3n) is 5.41. The van der Waals surface area contributed by atoms with Crippen molar-refractivity contribution in [3.63, 3.8) is 0 Å². The third kappa shape index (κ3) is 4.53. The van der Waals surface area contributed by atoms with Gasteiger partial charge in [0, 0.05) is 54.4 Å². The Balaban J connectivity index is 1.24. The smallest absolute Gasteiger partial charge is 0.251 e. The zero-order chi connectivity index (χ0) is 21.8. The first-order valence-electron chi connectivity index (χ1n) is 10.1. The molecule has 0 spiro atoms. The van der Waals surface area contributed by atoms with E-state index in [4.69, 9.17) is 4.74 Å². The van der Waals surface area contributed by atoms with E-state index in [0.717, 1.165) is 16.6 Å². The summed E-state index contributed by atoms with van der Waals surface area (Å²) in [6, 6.07) is 14.5. The highest BCUT2D eigenvalue weighted by molar-refractivity contribution is 6.00. The van der Waals surface area contributed by atoms with Crippen LogP contribution < -0.4 is 20.3 Å². The number of H-pyrrole nitrogens is 1. The van der Waals surface area contributed by atoms with E-state index in [9.17, 15) is 14.4 Å². The zero-order valence-electron chi connectivity index (χ0n) is 17.2. The molecule has 31 heavy (non-hydrogen) atoms. The fraction of sp³-hybridized carbons (Fsp3) is 0.261. The summed E-state index contributed by atoms with van der Waals surface area (Å²) >= 11 is 0. The summed E-state index contributed by atoms with van der Waals surface area (Å²) in [6.07, 6.45) is 1.99. The van der Waals surface area contributed by atoms with Crippen LogP contribution in [-0.4, -0.2) is 49.4 Å². The van der Waals surface area contributed by atoms with Crippen LogP contribution in [0.2, 0.25) is 0 Å². The Kier molecular flexibility index (Phi) is 5.88. The monoisotopic (exact) mass is 420 g/mol. The largest absolute Gasteiger partial charge is 0.497 e. The van der Waals surface area contributed by atoms with Gasteiger partial charge >= 0.3 is 0 Å². The van der Waals surface area contributed by atoms with Gasteiger partial charge in [-0.25, -0.2) is 0 Å². The Morgan fingerprint density at radius 2 is 1.87 bits per heavy atom. The molecule has 160 valence electrons. The van der Waals surface area contributed by atoms with Gasteiger partial charge in [0.25, 0.3) is 5.91 Å². The van der Waals surface area contributed by atoms with E-state index < -0.39 is 5.92 Å². The number of anilines is 1. The van der Waals surface area contributed by atoms with E-state index in [1.165, 1.54) is 0 Å². The highest BCUT2D eigenvalue weighted by Crippen LogP contribution is 2.26. The van der Waals surface area contributed by atoms with Crippen molar-refractivity contribution in [2.24, 2.45) is 5.92 Å². The molecule has 8 heteroatoms. The van der Waals surface area contributed by atoms with Gasteiger partial charge < -0.3 is 25.3 Å². The molecule has 2 aromatic carbocycles. The predicted molar refractivity (Wildman–Crippen MR) is 117 cm³/mol. The average Bonchev–Trinajstić information content (AvgIpc) is 3.42. The summed E-state index contributed by atoms with van der Waals surface area (Å²) in [6.45, 7) is 0.933. The number of carbonyl (C=O) groups is 3. The molecule has 1 aliphatic rings. The van der Waals surface area contributed by atoms with E-state index in [0.29, 0.717) is 30.9 Å². The number of nitrogens with one attached hydrogen (secondary N) is 3. The molecule has 1 unspecified atom stereocenters. The number of methoxy groups -OCH3 is 1. The van der Waals surface area contributed by atoms with E-state index in [-0.39, 0.29) is 24.1 Å². The number of hydrogen-bond acceptors (Lipinski definition) is 4. The number of fused-ring (bicyclic) bond motifs is 1. The maximum atomic E-state index is 12.5. The molecule has 3 amide bonds. The lowest BCUT2D eigenvalue weighted by atomic mass is 10.1. The number of hydrogen-bond donors (Lipinski definition) is 3. The van der Waals surface area contributed by atoms with Crippen LogP contribution in [0, 0.1) is 5.92 Å². The number of aromatic amines is 1. The molecule has 3 aromatic rings. The minimum absolute atomic E-state index is 0.0845. The lowest BCUT2D eigenvalue weighted by Gasteiger charge is -2.17. The molecular weight excluding hydrogens is 396 g/mol. The second kappa shape index (κ2) is 8.91. The van der Waals surface area contributed by atoms with E-state index in [2.05, 4.69) is 15.6 Å². The van der Waals surface area contributed by atoms with Crippen molar-refractivity contribution in [3.05, 3.63) is 60.3 Å². The second-order valence-corrected chi connectivity index (χ2v) is 7.43. The first-order chi connectivity index (χ1) is 15.0. The van der Waals surface area contributed by atoms with Gasteiger partial charge in [0.05, 0.1) is 13.0 Å². The molecule has 2 heterocycles. The van der Waals surface area contributed by atoms with Gasteiger partial charge in [-0.1, -0.05) is 0 Å². The molecule has 1 saturated heterocycles. The first-order valence-corrected chi connectivity index (χ1v) is 10.1. The molecule has 0 bridgehead atoms. The quantitative estimate of drug-likeness (QED) is 0.509. The molecule has 8 nitrogen and oxygen atoms in total. The fourth-order valence-electron chi connectivity index (χ4n) is 3.70. The van der Waals surface area contributed by atoms with Crippen LogP contribution in [0.3, 0.4) is 0 Å². The van der Waals surface area contributed by atoms with Crippen LogP contribution >= 0.6 is 0 Å². The fourth-order valence-corrected chi connectivity index (χ4v) is 3.70. The van der Waals surface area contributed by atoms with Crippen LogP contribution in [0.4, 0.5) is 5.69 Å². The van der Waals surface area contributed by atoms with Gasteiger partial charge in [0.2, 0.25) is 11.8 Å². The van der Waals surface area contributed by atoms with Gasteiger partial charge in [0.1, 0.15) is 5.75 Å². The molecule has 4 rings (SSSR count). The van der Waals surface area contributed by atoms with Crippen molar-refractivity contribution in [1.29, 1.82) is 0 Å².